The molecule has 0 radical (unpaired) electrons. The maximum Gasteiger partial charge on any atom is 0.324 e. The first-order valence-corrected chi connectivity index (χ1v) is 9.06. The van der Waals surface area contributed by atoms with Crippen molar-refractivity contribution in [3.05, 3.63) is 59.1 Å². The number of anilines is 1. The van der Waals surface area contributed by atoms with Crippen LogP contribution in [0.3, 0.4) is 0 Å². The molecular weight excluding hydrogens is 384 g/mol. The summed E-state index contributed by atoms with van der Waals surface area (Å²) in [7, 11) is 0. The van der Waals surface area contributed by atoms with E-state index in [2.05, 4.69) is 5.32 Å². The third-order valence-electron chi connectivity index (χ3n) is 5.59. The number of benzene rings is 2. The van der Waals surface area contributed by atoms with Crippen LogP contribution in [0.2, 0.25) is 5.02 Å². The van der Waals surface area contributed by atoms with Crippen molar-refractivity contribution >= 4 is 35.1 Å². The van der Waals surface area contributed by atoms with E-state index in [0.29, 0.717) is 16.3 Å². The van der Waals surface area contributed by atoms with Crippen molar-refractivity contribution < 1.29 is 24.6 Å². The van der Waals surface area contributed by atoms with Crippen molar-refractivity contribution in [2.45, 2.75) is 18.5 Å². The van der Waals surface area contributed by atoms with E-state index in [4.69, 9.17) is 11.6 Å². The normalized spacial score (nSPS) is 29.2. The molecule has 2 heterocycles. The number of nitrogens with zero attached hydrogens (tertiary/aromatic N) is 1. The van der Waals surface area contributed by atoms with Crippen LogP contribution in [0.4, 0.5) is 5.69 Å². The summed E-state index contributed by atoms with van der Waals surface area (Å²) in [4.78, 5) is 39.5. The molecule has 0 bridgehead atoms. The molecule has 2 aromatic rings. The number of hydrogen-bond donors (Lipinski definition) is 3. The largest absolute Gasteiger partial charge is 0.508 e. The van der Waals surface area contributed by atoms with Gasteiger partial charge in [0.05, 0.1) is 17.5 Å². The van der Waals surface area contributed by atoms with Crippen LogP contribution in [0.15, 0.2) is 48.5 Å². The van der Waals surface area contributed by atoms with Gasteiger partial charge in [-0.25, -0.2) is 4.90 Å². The number of carboxylic acids is 1. The quantitative estimate of drug-likeness (QED) is 0.683. The third-order valence-corrected chi connectivity index (χ3v) is 5.84. The monoisotopic (exact) mass is 400 g/mol. The van der Waals surface area contributed by atoms with Crippen LogP contribution in [0.5, 0.6) is 5.75 Å². The Balaban J connectivity index is 1.84. The lowest BCUT2D eigenvalue weighted by Crippen LogP contribution is -2.53. The lowest BCUT2D eigenvalue weighted by Gasteiger charge is -2.27. The molecular formula is C20H17ClN2O5. The van der Waals surface area contributed by atoms with Gasteiger partial charge in [0, 0.05) is 16.6 Å². The Morgan fingerprint density at radius 2 is 1.75 bits per heavy atom. The van der Waals surface area contributed by atoms with E-state index in [1.165, 1.54) is 13.0 Å². The average Bonchev–Trinajstić information content (AvgIpc) is 3.11. The molecule has 4 atom stereocenters. The zero-order valence-corrected chi connectivity index (χ0v) is 15.6. The molecule has 2 aliphatic rings. The van der Waals surface area contributed by atoms with E-state index < -0.39 is 41.2 Å². The maximum atomic E-state index is 13.2. The third kappa shape index (κ3) is 2.51. The first-order valence-electron chi connectivity index (χ1n) is 8.68. The Hall–Kier alpha value is -2.90. The zero-order chi connectivity index (χ0) is 20.2. The van der Waals surface area contributed by atoms with Crippen LogP contribution >= 0.6 is 11.6 Å². The van der Waals surface area contributed by atoms with Gasteiger partial charge in [-0.3, -0.25) is 19.7 Å². The second-order valence-corrected chi connectivity index (χ2v) is 7.62. The van der Waals surface area contributed by atoms with Crippen molar-refractivity contribution in [3.8, 4) is 5.75 Å². The van der Waals surface area contributed by atoms with Gasteiger partial charge in [-0.05, 0) is 37.3 Å². The van der Waals surface area contributed by atoms with Gasteiger partial charge in [0.2, 0.25) is 11.8 Å². The molecule has 7 nitrogen and oxygen atoms in total. The maximum absolute atomic E-state index is 13.2. The lowest BCUT2D eigenvalue weighted by atomic mass is 9.80. The summed E-state index contributed by atoms with van der Waals surface area (Å²) in [6.45, 7) is 1.39. The summed E-state index contributed by atoms with van der Waals surface area (Å²) in [5, 5.41) is 23.4. The minimum Gasteiger partial charge on any atom is -0.508 e. The summed E-state index contributed by atoms with van der Waals surface area (Å²) < 4.78 is 0. The molecule has 0 saturated carbocycles. The van der Waals surface area contributed by atoms with E-state index >= 15 is 0 Å². The molecule has 2 aromatic carbocycles. The Labute approximate surface area is 165 Å². The van der Waals surface area contributed by atoms with Gasteiger partial charge >= 0.3 is 5.97 Å². The van der Waals surface area contributed by atoms with Gasteiger partial charge in [-0.1, -0.05) is 29.8 Å². The number of aromatic hydroxyl groups is 1. The Morgan fingerprint density at radius 3 is 2.36 bits per heavy atom. The molecule has 3 N–H and O–H groups in total. The topological polar surface area (TPSA) is 107 Å². The van der Waals surface area contributed by atoms with Crippen molar-refractivity contribution in [2.24, 2.45) is 11.8 Å². The Kier molecular flexibility index (Phi) is 4.17. The first-order chi connectivity index (χ1) is 13.3. The van der Waals surface area contributed by atoms with Crippen LogP contribution in [0.25, 0.3) is 0 Å². The lowest BCUT2D eigenvalue weighted by molar-refractivity contribution is -0.147. The minimum absolute atomic E-state index is 0.0708. The number of carboxylic acid groups (broad SMARTS) is 1. The first kappa shape index (κ1) is 18.5. The second kappa shape index (κ2) is 6.32. The predicted octanol–water partition coefficient (Wildman–Crippen LogP) is 2.34. The molecule has 8 heteroatoms. The van der Waals surface area contributed by atoms with Crippen molar-refractivity contribution in [3.63, 3.8) is 0 Å². The summed E-state index contributed by atoms with van der Waals surface area (Å²) in [5.41, 5.74) is -0.954. The van der Waals surface area contributed by atoms with Crippen LogP contribution in [-0.2, 0) is 14.4 Å². The van der Waals surface area contributed by atoms with Crippen molar-refractivity contribution in [1.29, 1.82) is 0 Å². The number of halogens is 1. The van der Waals surface area contributed by atoms with E-state index in [0.717, 1.165) is 4.90 Å². The summed E-state index contributed by atoms with van der Waals surface area (Å²) >= 11 is 5.89. The number of phenols is 1. The number of imide groups is 1. The molecule has 0 unspecified atom stereocenters. The number of carbonyl (C=O) groups excluding carboxylic acids is 2. The highest BCUT2D eigenvalue weighted by atomic mass is 35.5. The number of rotatable bonds is 3. The van der Waals surface area contributed by atoms with Crippen LogP contribution < -0.4 is 10.2 Å². The fourth-order valence-corrected chi connectivity index (χ4v) is 4.32. The predicted molar refractivity (Wildman–Crippen MR) is 101 cm³/mol. The number of hydrogen-bond acceptors (Lipinski definition) is 5. The zero-order valence-electron chi connectivity index (χ0n) is 14.8. The number of para-hydroxylation sites is 1. The molecule has 2 aliphatic heterocycles. The van der Waals surface area contributed by atoms with Crippen molar-refractivity contribution in [2.75, 3.05) is 4.90 Å². The van der Waals surface area contributed by atoms with Crippen LogP contribution in [0.1, 0.15) is 18.5 Å². The Morgan fingerprint density at radius 1 is 1.11 bits per heavy atom. The summed E-state index contributed by atoms with van der Waals surface area (Å²) in [6, 6.07) is 11.8. The molecule has 2 saturated heterocycles. The highest BCUT2D eigenvalue weighted by Gasteiger charge is 2.67. The highest BCUT2D eigenvalue weighted by Crippen LogP contribution is 2.50. The molecule has 144 valence electrons. The standard InChI is InChI=1S/C20H17ClN2O5/c1-20(19(27)28)15-14(16(22-20)12-4-2-3-5-13(12)24)17(25)23(18(15)26)11-8-6-10(21)7-9-11/h2-9,14-16,22,24H,1H3,(H,27,28)/t14-,15+,16-,20+/m1/s1. The van der Waals surface area contributed by atoms with Gasteiger partial charge in [0.15, 0.2) is 0 Å². The van der Waals surface area contributed by atoms with Gasteiger partial charge in [-0.2, -0.15) is 0 Å². The molecule has 28 heavy (non-hydrogen) atoms. The van der Waals surface area contributed by atoms with Gasteiger partial charge < -0.3 is 10.2 Å². The van der Waals surface area contributed by atoms with Gasteiger partial charge in [0.1, 0.15) is 11.3 Å². The van der Waals surface area contributed by atoms with E-state index in [1.54, 1.807) is 42.5 Å². The van der Waals surface area contributed by atoms with Gasteiger partial charge in [0.25, 0.3) is 0 Å². The smallest absolute Gasteiger partial charge is 0.324 e. The summed E-state index contributed by atoms with van der Waals surface area (Å²) in [5.74, 6) is -4.48. The molecule has 0 aromatic heterocycles. The second-order valence-electron chi connectivity index (χ2n) is 7.18. The fourth-order valence-electron chi connectivity index (χ4n) is 4.20. The minimum atomic E-state index is -1.66. The SMILES string of the molecule is C[C@]1(C(=O)O)N[C@H](c2ccccc2O)[C@@H]2C(=O)N(c3ccc(Cl)cc3)C(=O)[C@H]21. The van der Waals surface area contributed by atoms with Crippen molar-refractivity contribution in [1.82, 2.24) is 5.32 Å². The van der Waals surface area contributed by atoms with Crippen LogP contribution in [-0.4, -0.2) is 33.5 Å². The number of aliphatic carboxylic acids is 1. The number of amides is 2. The van der Waals surface area contributed by atoms with E-state index in [1.807, 2.05) is 0 Å². The highest BCUT2D eigenvalue weighted by molar-refractivity contribution is 6.31. The number of nitrogens with one attached hydrogen (secondary N) is 1. The van der Waals surface area contributed by atoms with E-state index in [-0.39, 0.29) is 5.75 Å². The molecule has 4 rings (SSSR count). The van der Waals surface area contributed by atoms with E-state index in [9.17, 15) is 24.6 Å². The average molecular weight is 401 g/mol. The number of carbonyl (C=O) groups is 3. The van der Waals surface area contributed by atoms with Crippen LogP contribution in [0, 0.1) is 11.8 Å². The fraction of sp³-hybridized carbons (Fsp3) is 0.250. The summed E-state index contributed by atoms with van der Waals surface area (Å²) in [6.07, 6.45) is 0. The van der Waals surface area contributed by atoms with Gasteiger partial charge in [-0.15, -0.1) is 0 Å². The molecule has 2 amide bonds. The molecule has 0 spiro atoms. The number of fused-ring (bicyclic) bond motifs is 1. The Bertz CT molecular complexity index is 992. The molecule has 0 aliphatic carbocycles. The number of phenolic OH excluding ortho intramolecular Hbond substituents is 1. The molecule has 2 fully saturated rings.